The maximum absolute atomic E-state index is 11.3. The van der Waals surface area contributed by atoms with Crippen LogP contribution in [0.3, 0.4) is 0 Å². The highest BCUT2D eigenvalue weighted by Crippen LogP contribution is 2.27. The number of hydrogen-bond donors (Lipinski definition) is 1. The number of H-pyrrole nitrogens is 1. The zero-order valence-electron chi connectivity index (χ0n) is 9.32. The molecule has 0 aliphatic rings. The average molecular weight is 267 g/mol. The summed E-state index contributed by atoms with van der Waals surface area (Å²) in [4.78, 5) is 10.3. The van der Waals surface area contributed by atoms with Gasteiger partial charge >= 0.3 is 5.69 Å². The van der Waals surface area contributed by atoms with Crippen LogP contribution in [0.1, 0.15) is 0 Å². The molecule has 0 unspecified atom stereocenters. The van der Waals surface area contributed by atoms with E-state index in [0.717, 1.165) is 12.5 Å². The summed E-state index contributed by atoms with van der Waals surface area (Å²) in [6.45, 7) is 0. The number of nitrogens with zero attached hydrogens (tertiary/aromatic N) is 2. The average Bonchev–Trinajstić information content (AvgIpc) is 2.77. The summed E-state index contributed by atoms with van der Waals surface area (Å²) in [6.07, 6.45) is 2.21. The SMILES string of the molecule is CS(=O)(=O)c1ccc(-c2[nH]ncc2[N+](=O)[O-])cc1. The molecule has 0 atom stereocenters. The molecule has 0 saturated heterocycles. The maximum Gasteiger partial charge on any atom is 0.314 e. The molecular weight excluding hydrogens is 258 g/mol. The summed E-state index contributed by atoms with van der Waals surface area (Å²) < 4.78 is 22.6. The first kappa shape index (κ1) is 12.2. The van der Waals surface area contributed by atoms with Gasteiger partial charge in [0.1, 0.15) is 11.9 Å². The summed E-state index contributed by atoms with van der Waals surface area (Å²) in [5.41, 5.74) is 0.605. The summed E-state index contributed by atoms with van der Waals surface area (Å²) in [5.74, 6) is 0. The Balaban J connectivity index is 2.47. The topological polar surface area (TPSA) is 106 Å². The van der Waals surface area contributed by atoms with Gasteiger partial charge in [0.15, 0.2) is 9.84 Å². The van der Waals surface area contributed by atoms with Gasteiger partial charge in [0, 0.05) is 11.8 Å². The van der Waals surface area contributed by atoms with E-state index in [4.69, 9.17) is 0 Å². The number of aromatic nitrogens is 2. The van der Waals surface area contributed by atoms with E-state index >= 15 is 0 Å². The third-order valence-electron chi connectivity index (χ3n) is 2.39. The van der Waals surface area contributed by atoms with Gasteiger partial charge in [-0.25, -0.2) is 8.42 Å². The van der Waals surface area contributed by atoms with Crippen molar-refractivity contribution in [3.8, 4) is 11.3 Å². The molecule has 0 fully saturated rings. The second-order valence-corrected chi connectivity index (χ2v) is 5.70. The first-order valence-corrected chi connectivity index (χ1v) is 6.77. The molecule has 0 bridgehead atoms. The summed E-state index contributed by atoms with van der Waals surface area (Å²) >= 11 is 0. The highest BCUT2D eigenvalue weighted by atomic mass is 32.2. The molecule has 8 heteroatoms. The minimum absolute atomic E-state index is 0.151. The van der Waals surface area contributed by atoms with E-state index in [9.17, 15) is 18.5 Å². The van der Waals surface area contributed by atoms with Crippen LogP contribution in [0, 0.1) is 10.1 Å². The Bertz CT molecular complexity index is 688. The van der Waals surface area contributed by atoms with Crippen LogP contribution in [0.25, 0.3) is 11.3 Å². The molecule has 7 nitrogen and oxygen atoms in total. The zero-order chi connectivity index (χ0) is 13.3. The van der Waals surface area contributed by atoms with Gasteiger partial charge in [0.25, 0.3) is 0 Å². The van der Waals surface area contributed by atoms with Gasteiger partial charge in [0.2, 0.25) is 0 Å². The van der Waals surface area contributed by atoms with Crippen molar-refractivity contribution in [2.75, 3.05) is 6.26 Å². The third kappa shape index (κ3) is 2.23. The second kappa shape index (κ2) is 4.22. The molecule has 2 rings (SSSR count). The Morgan fingerprint density at radius 2 is 1.89 bits per heavy atom. The number of aromatic amines is 1. The van der Waals surface area contributed by atoms with Crippen molar-refractivity contribution >= 4 is 15.5 Å². The monoisotopic (exact) mass is 267 g/mol. The molecule has 0 aliphatic heterocycles. The van der Waals surface area contributed by atoms with Crippen molar-refractivity contribution in [2.45, 2.75) is 4.90 Å². The summed E-state index contributed by atoms with van der Waals surface area (Å²) in [5, 5.41) is 16.9. The Morgan fingerprint density at radius 1 is 1.28 bits per heavy atom. The lowest BCUT2D eigenvalue weighted by Crippen LogP contribution is -1.96. The van der Waals surface area contributed by atoms with Gasteiger partial charge in [-0.2, -0.15) is 5.10 Å². The fraction of sp³-hybridized carbons (Fsp3) is 0.100. The van der Waals surface area contributed by atoms with E-state index in [2.05, 4.69) is 10.2 Å². The molecule has 0 radical (unpaired) electrons. The Morgan fingerprint density at radius 3 is 2.39 bits per heavy atom. The van der Waals surface area contributed by atoms with Gasteiger partial charge in [-0.15, -0.1) is 0 Å². The quantitative estimate of drug-likeness (QED) is 0.668. The van der Waals surface area contributed by atoms with E-state index in [1.807, 2.05) is 0 Å². The molecule has 0 spiro atoms. The van der Waals surface area contributed by atoms with E-state index in [-0.39, 0.29) is 16.3 Å². The van der Waals surface area contributed by atoms with Crippen molar-refractivity contribution in [3.63, 3.8) is 0 Å². The largest absolute Gasteiger partial charge is 0.314 e. The molecule has 94 valence electrons. The van der Waals surface area contributed by atoms with Gasteiger partial charge < -0.3 is 0 Å². The first-order chi connectivity index (χ1) is 8.39. The van der Waals surface area contributed by atoms with Crippen molar-refractivity contribution in [3.05, 3.63) is 40.6 Å². The number of hydrogen-bond acceptors (Lipinski definition) is 5. The lowest BCUT2D eigenvalue weighted by atomic mass is 10.1. The van der Waals surface area contributed by atoms with Crippen molar-refractivity contribution in [1.82, 2.24) is 10.2 Å². The number of rotatable bonds is 3. The molecule has 0 saturated carbocycles. The highest BCUT2D eigenvalue weighted by Gasteiger charge is 2.18. The van der Waals surface area contributed by atoms with Crippen LogP contribution in [-0.4, -0.2) is 29.8 Å². The van der Waals surface area contributed by atoms with Crippen LogP contribution >= 0.6 is 0 Å². The molecule has 1 N–H and O–H groups in total. The minimum Gasteiger partial charge on any atom is -0.271 e. The predicted octanol–water partition coefficient (Wildman–Crippen LogP) is 1.39. The minimum atomic E-state index is -3.27. The summed E-state index contributed by atoms with van der Waals surface area (Å²) in [7, 11) is -3.27. The van der Waals surface area contributed by atoms with E-state index < -0.39 is 14.8 Å². The fourth-order valence-corrected chi connectivity index (χ4v) is 2.13. The van der Waals surface area contributed by atoms with Crippen molar-refractivity contribution in [1.29, 1.82) is 0 Å². The lowest BCUT2D eigenvalue weighted by molar-refractivity contribution is -0.384. The number of nitro groups is 1. The number of sulfone groups is 1. The Labute approximate surface area is 103 Å². The van der Waals surface area contributed by atoms with E-state index in [1.165, 1.54) is 24.3 Å². The first-order valence-electron chi connectivity index (χ1n) is 4.88. The van der Waals surface area contributed by atoms with Crippen molar-refractivity contribution in [2.24, 2.45) is 0 Å². The van der Waals surface area contributed by atoms with E-state index in [1.54, 1.807) is 0 Å². The van der Waals surface area contributed by atoms with Gasteiger partial charge in [0.05, 0.1) is 9.82 Å². The normalized spacial score (nSPS) is 11.4. The predicted molar refractivity (Wildman–Crippen MR) is 63.8 cm³/mol. The van der Waals surface area contributed by atoms with Gasteiger partial charge in [-0.3, -0.25) is 15.2 Å². The third-order valence-corrected chi connectivity index (χ3v) is 3.52. The smallest absolute Gasteiger partial charge is 0.271 e. The van der Waals surface area contributed by atoms with Crippen LogP contribution in [0.4, 0.5) is 5.69 Å². The molecule has 18 heavy (non-hydrogen) atoms. The van der Waals surface area contributed by atoms with Crippen LogP contribution < -0.4 is 0 Å². The molecular formula is C10H9N3O4S. The lowest BCUT2D eigenvalue weighted by Gasteiger charge is -2.00. The zero-order valence-corrected chi connectivity index (χ0v) is 10.1. The molecule has 0 amide bonds. The van der Waals surface area contributed by atoms with Gasteiger partial charge in [-0.05, 0) is 12.1 Å². The standard InChI is InChI=1S/C10H9N3O4S/c1-18(16,17)8-4-2-7(3-5-8)10-9(13(14)15)6-11-12-10/h2-6H,1H3,(H,11,12). The number of benzene rings is 1. The molecule has 1 aromatic heterocycles. The second-order valence-electron chi connectivity index (χ2n) is 3.68. The van der Waals surface area contributed by atoms with Crippen molar-refractivity contribution < 1.29 is 13.3 Å². The fourth-order valence-electron chi connectivity index (χ4n) is 1.50. The van der Waals surface area contributed by atoms with Crippen LogP contribution in [0.5, 0.6) is 0 Å². The Kier molecular flexibility index (Phi) is 2.87. The van der Waals surface area contributed by atoms with Gasteiger partial charge in [-0.1, -0.05) is 12.1 Å². The molecule has 2 aromatic rings. The number of nitrogens with one attached hydrogen (secondary N) is 1. The highest BCUT2D eigenvalue weighted by molar-refractivity contribution is 7.90. The summed E-state index contributed by atoms with van der Waals surface area (Å²) in [6, 6.07) is 5.79. The Hall–Kier alpha value is -2.22. The maximum atomic E-state index is 11.3. The molecule has 1 heterocycles. The molecule has 1 aromatic carbocycles. The van der Waals surface area contributed by atoms with Crippen LogP contribution in [0.15, 0.2) is 35.4 Å². The van der Waals surface area contributed by atoms with Crippen LogP contribution in [0.2, 0.25) is 0 Å². The van der Waals surface area contributed by atoms with E-state index in [0.29, 0.717) is 5.56 Å². The molecule has 0 aliphatic carbocycles. The van der Waals surface area contributed by atoms with Crippen LogP contribution in [-0.2, 0) is 9.84 Å².